The predicted molar refractivity (Wildman–Crippen MR) is 48.2 cm³/mol. The fourth-order valence-corrected chi connectivity index (χ4v) is 1.49. The quantitative estimate of drug-likeness (QED) is 0.241. The first-order valence-electron chi connectivity index (χ1n) is 3.91. The van der Waals surface area contributed by atoms with Crippen LogP contribution in [-0.2, 0) is 16.7 Å². The van der Waals surface area contributed by atoms with E-state index in [0.717, 1.165) is 10.8 Å². The molecule has 1 aromatic heterocycles. The van der Waals surface area contributed by atoms with E-state index >= 15 is 0 Å². The monoisotopic (exact) mass is 257 g/mol. The average Bonchev–Trinajstić information content (AvgIpc) is 2.42. The van der Waals surface area contributed by atoms with Gasteiger partial charge in [-0.15, -0.1) is 0 Å². The average molecular weight is 257 g/mol. The van der Waals surface area contributed by atoms with Crippen LogP contribution in [0.3, 0.4) is 0 Å². The second-order valence-corrected chi connectivity index (χ2v) is 4.36. The number of nitrogens with zero attached hydrogens (tertiary/aromatic N) is 3. The maximum absolute atomic E-state index is 10.5. The molecule has 0 fully saturated rings. The van der Waals surface area contributed by atoms with E-state index < -0.39 is 20.8 Å². The minimum absolute atomic E-state index is 0. The number of nitro groups is 1. The molecule has 1 aromatic rings. The van der Waals surface area contributed by atoms with Crippen molar-refractivity contribution >= 4 is 15.9 Å². The van der Waals surface area contributed by atoms with Crippen LogP contribution in [0.1, 0.15) is 5.82 Å². The molecule has 1 rings (SSSR count). The van der Waals surface area contributed by atoms with Gasteiger partial charge < -0.3 is 14.7 Å². The minimum atomic E-state index is -4.38. The molecular weight excluding hydrogens is 249 g/mol. The van der Waals surface area contributed by atoms with Crippen molar-refractivity contribution in [1.82, 2.24) is 9.55 Å². The van der Waals surface area contributed by atoms with Crippen LogP contribution in [0.5, 0.6) is 0 Å². The summed E-state index contributed by atoms with van der Waals surface area (Å²) in [5, 5.41) is 10.5. The Morgan fingerprint density at radius 3 is 2.56 bits per heavy atom. The van der Waals surface area contributed by atoms with Crippen LogP contribution in [-0.4, -0.2) is 33.2 Å². The zero-order valence-corrected chi connectivity index (χ0v) is 11.6. The third-order valence-corrected chi connectivity index (χ3v) is 2.47. The Morgan fingerprint density at radius 1 is 1.56 bits per heavy atom. The van der Waals surface area contributed by atoms with Crippen LogP contribution in [0.25, 0.3) is 0 Å². The topological polar surface area (TPSA) is 118 Å². The summed E-state index contributed by atoms with van der Waals surface area (Å²) in [7, 11) is -4.38. The standard InChI is InChI=1S/C6H9N3O5S.Na/c1-5-7-4-6(9(10)11)8(5)2-3-15(12,13)14;/h4H,2-3H2,1H3,(H,12,13,14);/q;+1/p-1. The molecule has 0 aliphatic rings. The SMILES string of the molecule is Cc1ncc([N+](=O)[O-])n1CCS(=O)(=O)[O-].[Na+]. The molecular formula is C6H8N3NaO5S. The smallest absolute Gasteiger partial charge is 0.748 e. The van der Waals surface area contributed by atoms with Crippen LogP contribution >= 0.6 is 0 Å². The summed E-state index contributed by atoms with van der Waals surface area (Å²) in [6, 6.07) is 0. The van der Waals surface area contributed by atoms with E-state index in [2.05, 4.69) is 4.98 Å². The maximum atomic E-state index is 10.5. The number of imidazole rings is 1. The summed E-state index contributed by atoms with van der Waals surface area (Å²) in [6.07, 6.45) is 1.02. The molecule has 1 heterocycles. The van der Waals surface area contributed by atoms with Crippen molar-refractivity contribution in [3.63, 3.8) is 0 Å². The van der Waals surface area contributed by atoms with Crippen molar-refractivity contribution in [2.75, 3.05) is 5.75 Å². The third-order valence-electron chi connectivity index (χ3n) is 1.79. The first-order valence-corrected chi connectivity index (χ1v) is 5.49. The van der Waals surface area contributed by atoms with E-state index in [1.165, 1.54) is 6.92 Å². The van der Waals surface area contributed by atoms with Crippen LogP contribution in [0.4, 0.5) is 5.82 Å². The normalized spacial score (nSPS) is 10.9. The molecule has 0 aliphatic heterocycles. The summed E-state index contributed by atoms with van der Waals surface area (Å²) < 4.78 is 32.2. The number of hydrogen-bond donors (Lipinski definition) is 0. The van der Waals surface area contributed by atoms with Gasteiger partial charge in [-0.1, -0.05) is 0 Å². The summed E-state index contributed by atoms with van der Waals surface area (Å²) in [5.41, 5.74) is 0. The van der Waals surface area contributed by atoms with Gasteiger partial charge >= 0.3 is 35.4 Å². The van der Waals surface area contributed by atoms with E-state index in [9.17, 15) is 23.1 Å². The van der Waals surface area contributed by atoms with Crippen molar-refractivity contribution in [2.45, 2.75) is 13.5 Å². The third kappa shape index (κ3) is 4.18. The van der Waals surface area contributed by atoms with Gasteiger partial charge in [-0.05, 0) is 4.92 Å². The molecule has 84 valence electrons. The Morgan fingerprint density at radius 2 is 2.12 bits per heavy atom. The predicted octanol–water partition coefficient (Wildman–Crippen LogP) is -3.35. The van der Waals surface area contributed by atoms with E-state index in [-0.39, 0.29) is 41.9 Å². The first-order chi connectivity index (χ1) is 6.81. The molecule has 0 bridgehead atoms. The molecule has 0 atom stereocenters. The van der Waals surface area contributed by atoms with E-state index in [1.807, 2.05) is 0 Å². The number of aryl methyl sites for hydroxylation is 1. The second-order valence-electron chi connectivity index (χ2n) is 2.83. The molecule has 0 aliphatic carbocycles. The van der Waals surface area contributed by atoms with E-state index in [4.69, 9.17) is 0 Å². The zero-order chi connectivity index (χ0) is 11.6. The summed E-state index contributed by atoms with van der Waals surface area (Å²) in [5.74, 6) is -0.716. The van der Waals surface area contributed by atoms with Gasteiger partial charge in [0.05, 0.1) is 15.9 Å². The molecule has 0 saturated heterocycles. The number of rotatable bonds is 4. The van der Waals surface area contributed by atoms with Gasteiger partial charge in [0.1, 0.15) is 12.7 Å². The molecule has 10 heteroatoms. The van der Waals surface area contributed by atoms with Crippen molar-refractivity contribution in [2.24, 2.45) is 0 Å². The van der Waals surface area contributed by atoms with Crippen LogP contribution in [0, 0.1) is 17.0 Å². The molecule has 0 radical (unpaired) electrons. The van der Waals surface area contributed by atoms with E-state index in [0.29, 0.717) is 5.82 Å². The molecule has 0 amide bonds. The van der Waals surface area contributed by atoms with Crippen molar-refractivity contribution < 1.29 is 47.5 Å². The van der Waals surface area contributed by atoms with Gasteiger partial charge in [-0.25, -0.2) is 18.0 Å². The van der Waals surface area contributed by atoms with Crippen molar-refractivity contribution in [1.29, 1.82) is 0 Å². The summed E-state index contributed by atoms with van der Waals surface area (Å²) in [4.78, 5) is 13.5. The van der Waals surface area contributed by atoms with Gasteiger partial charge in [0, 0.05) is 6.92 Å². The Kier molecular flexibility index (Phi) is 5.56. The second kappa shape index (κ2) is 5.73. The molecule has 0 spiro atoms. The van der Waals surface area contributed by atoms with Crippen LogP contribution in [0.15, 0.2) is 6.20 Å². The van der Waals surface area contributed by atoms with Gasteiger partial charge in [-0.3, -0.25) is 0 Å². The molecule has 0 aromatic carbocycles. The Hall–Kier alpha value is -0.480. The Bertz CT molecular complexity index is 482. The van der Waals surface area contributed by atoms with Crippen molar-refractivity contribution in [3.8, 4) is 0 Å². The fraction of sp³-hybridized carbons (Fsp3) is 0.500. The van der Waals surface area contributed by atoms with Gasteiger partial charge in [0.25, 0.3) is 0 Å². The number of aromatic nitrogens is 2. The zero-order valence-electron chi connectivity index (χ0n) is 8.78. The Balaban J connectivity index is 0.00000225. The van der Waals surface area contributed by atoms with Gasteiger partial charge in [0.2, 0.25) is 0 Å². The number of hydrogen-bond acceptors (Lipinski definition) is 6. The first kappa shape index (κ1) is 15.5. The molecule has 8 nitrogen and oxygen atoms in total. The molecule has 0 saturated carbocycles. The van der Waals surface area contributed by atoms with Gasteiger partial charge in [0.15, 0.2) is 5.82 Å². The maximum Gasteiger partial charge on any atom is 1.00 e. The summed E-state index contributed by atoms with van der Waals surface area (Å²) in [6.45, 7) is 1.23. The summed E-state index contributed by atoms with van der Waals surface area (Å²) >= 11 is 0. The van der Waals surface area contributed by atoms with Crippen molar-refractivity contribution in [3.05, 3.63) is 22.1 Å². The molecule has 0 unspecified atom stereocenters. The minimum Gasteiger partial charge on any atom is -0.748 e. The van der Waals surface area contributed by atoms with Crippen LogP contribution < -0.4 is 29.6 Å². The van der Waals surface area contributed by atoms with Gasteiger partial charge in [-0.2, -0.15) is 0 Å². The van der Waals surface area contributed by atoms with Crippen LogP contribution in [0.2, 0.25) is 0 Å². The Labute approximate surface area is 114 Å². The molecule has 16 heavy (non-hydrogen) atoms. The molecule has 0 N–H and O–H groups in total. The largest absolute Gasteiger partial charge is 1.00 e. The van der Waals surface area contributed by atoms with E-state index in [1.54, 1.807) is 0 Å². The fourth-order valence-electron chi connectivity index (χ4n) is 1.08.